The second kappa shape index (κ2) is 6.34. The molecule has 0 aliphatic carbocycles. The molecule has 1 aliphatic rings. The number of hydrogen-bond acceptors (Lipinski definition) is 4. The highest BCUT2D eigenvalue weighted by Gasteiger charge is 2.47. The molecule has 0 bridgehead atoms. The topological polar surface area (TPSA) is 78.4 Å². The van der Waals surface area contributed by atoms with Crippen molar-refractivity contribution in [1.82, 2.24) is 0 Å². The molecular weight excluding hydrogens is 312 g/mol. The number of benzene rings is 2. The first-order valence-corrected chi connectivity index (χ1v) is 8.20. The fourth-order valence-corrected chi connectivity index (χ4v) is 3.84. The monoisotopic (exact) mass is 328 g/mol. The Morgan fingerprint density at radius 1 is 1.13 bits per heavy atom. The van der Waals surface area contributed by atoms with Crippen LogP contribution in [0.2, 0.25) is 0 Å². The van der Waals surface area contributed by atoms with Gasteiger partial charge in [-0.3, -0.25) is 9.59 Å². The zero-order chi connectivity index (χ0) is 16.3. The summed E-state index contributed by atoms with van der Waals surface area (Å²) in [7, 11) is 0. The minimum absolute atomic E-state index is 0.00165. The Kier molecular flexibility index (Phi) is 4.25. The van der Waals surface area contributed by atoms with E-state index >= 15 is 0 Å². The first-order valence-electron chi connectivity index (χ1n) is 7.22. The molecule has 0 radical (unpaired) electrons. The van der Waals surface area contributed by atoms with Crippen LogP contribution in [-0.4, -0.2) is 22.7 Å². The van der Waals surface area contributed by atoms with Gasteiger partial charge in [0.15, 0.2) is 4.87 Å². The van der Waals surface area contributed by atoms with Crippen molar-refractivity contribution >= 4 is 35.0 Å². The van der Waals surface area contributed by atoms with Crippen molar-refractivity contribution in [2.45, 2.75) is 11.3 Å². The molecule has 0 saturated heterocycles. The molecule has 1 unspecified atom stereocenters. The molecule has 1 amide bonds. The standard InChI is InChI=1S/C17H16N2O3S/c20-15(21)10-11-23-17(19-12-6-2-1-3-7-12)13-8-4-5-9-14(13)18-16(17)22/h1-9,19H,10-11H2,(H,18,22)(H,20,21). The molecule has 3 N–H and O–H groups in total. The number of carbonyl (C=O) groups is 2. The third kappa shape index (κ3) is 3.03. The van der Waals surface area contributed by atoms with Crippen LogP contribution in [0.3, 0.4) is 0 Å². The van der Waals surface area contributed by atoms with Gasteiger partial charge in [-0.2, -0.15) is 0 Å². The van der Waals surface area contributed by atoms with Gasteiger partial charge in [0.1, 0.15) is 0 Å². The van der Waals surface area contributed by atoms with E-state index in [0.717, 1.165) is 16.9 Å². The second-order valence-electron chi connectivity index (χ2n) is 5.16. The summed E-state index contributed by atoms with van der Waals surface area (Å²) in [5, 5.41) is 15.1. The predicted molar refractivity (Wildman–Crippen MR) is 91.5 cm³/mol. The molecule has 0 saturated carbocycles. The van der Waals surface area contributed by atoms with Crippen LogP contribution >= 0.6 is 11.8 Å². The molecule has 2 aromatic rings. The number of anilines is 2. The summed E-state index contributed by atoms with van der Waals surface area (Å²) in [4.78, 5) is 22.5. The Labute approximate surface area is 138 Å². The molecule has 5 nitrogen and oxygen atoms in total. The number of amides is 1. The maximum atomic E-state index is 12.7. The lowest BCUT2D eigenvalue weighted by Gasteiger charge is -2.29. The normalized spacial score (nSPS) is 19.0. The maximum Gasteiger partial charge on any atom is 0.304 e. The van der Waals surface area contributed by atoms with Crippen LogP contribution in [0, 0.1) is 0 Å². The predicted octanol–water partition coefficient (Wildman–Crippen LogP) is 3.11. The van der Waals surface area contributed by atoms with E-state index in [9.17, 15) is 9.59 Å². The van der Waals surface area contributed by atoms with Crippen LogP contribution in [0.25, 0.3) is 0 Å². The Morgan fingerprint density at radius 3 is 2.57 bits per heavy atom. The summed E-state index contributed by atoms with van der Waals surface area (Å²) in [6.07, 6.45) is -0.00165. The van der Waals surface area contributed by atoms with Gasteiger partial charge in [-0.25, -0.2) is 0 Å². The summed E-state index contributed by atoms with van der Waals surface area (Å²) in [5.41, 5.74) is 2.38. The molecule has 6 heteroatoms. The minimum Gasteiger partial charge on any atom is -0.481 e. The van der Waals surface area contributed by atoms with Crippen LogP contribution in [0.15, 0.2) is 54.6 Å². The van der Waals surface area contributed by atoms with Crippen LogP contribution in [-0.2, 0) is 14.5 Å². The summed E-state index contributed by atoms with van der Waals surface area (Å²) < 4.78 is 0. The van der Waals surface area contributed by atoms with Gasteiger partial charge >= 0.3 is 5.97 Å². The van der Waals surface area contributed by atoms with Crippen LogP contribution < -0.4 is 10.6 Å². The maximum absolute atomic E-state index is 12.7. The van der Waals surface area contributed by atoms with Crippen molar-refractivity contribution in [1.29, 1.82) is 0 Å². The molecule has 1 atom stereocenters. The molecule has 1 heterocycles. The van der Waals surface area contributed by atoms with Crippen molar-refractivity contribution in [3.05, 3.63) is 60.2 Å². The van der Waals surface area contributed by atoms with Gasteiger partial charge < -0.3 is 15.7 Å². The first-order chi connectivity index (χ1) is 11.1. The van der Waals surface area contributed by atoms with Crippen molar-refractivity contribution in [2.24, 2.45) is 0 Å². The number of carbonyl (C=O) groups excluding carboxylic acids is 1. The quantitative estimate of drug-likeness (QED) is 0.710. The number of aliphatic carboxylic acids is 1. The third-order valence-corrected chi connectivity index (χ3v) is 4.95. The van der Waals surface area contributed by atoms with Crippen molar-refractivity contribution in [3.8, 4) is 0 Å². The van der Waals surface area contributed by atoms with Gasteiger partial charge in [0.05, 0.1) is 6.42 Å². The van der Waals surface area contributed by atoms with Crippen molar-refractivity contribution < 1.29 is 14.7 Å². The second-order valence-corrected chi connectivity index (χ2v) is 6.47. The van der Waals surface area contributed by atoms with E-state index in [1.54, 1.807) is 0 Å². The summed E-state index contributed by atoms with van der Waals surface area (Å²) in [5.74, 6) is -0.728. The molecule has 23 heavy (non-hydrogen) atoms. The SMILES string of the molecule is O=C(O)CCSC1(Nc2ccccc2)C(=O)Nc2ccccc21. The highest BCUT2D eigenvalue weighted by Crippen LogP contribution is 2.46. The Balaban J connectivity index is 1.96. The van der Waals surface area contributed by atoms with Crippen molar-refractivity contribution in [3.63, 3.8) is 0 Å². The Morgan fingerprint density at radius 2 is 1.83 bits per heavy atom. The van der Waals surface area contributed by atoms with E-state index in [2.05, 4.69) is 10.6 Å². The lowest BCUT2D eigenvalue weighted by molar-refractivity contribution is -0.136. The van der Waals surface area contributed by atoms with E-state index in [1.807, 2.05) is 54.6 Å². The van der Waals surface area contributed by atoms with Crippen LogP contribution in [0.5, 0.6) is 0 Å². The largest absolute Gasteiger partial charge is 0.481 e. The molecule has 1 aliphatic heterocycles. The number of para-hydroxylation sites is 2. The molecule has 0 aromatic heterocycles. The smallest absolute Gasteiger partial charge is 0.304 e. The van der Waals surface area contributed by atoms with Gasteiger partial charge in [0, 0.05) is 22.7 Å². The lowest BCUT2D eigenvalue weighted by atomic mass is 10.1. The third-order valence-electron chi connectivity index (χ3n) is 3.60. The highest BCUT2D eigenvalue weighted by atomic mass is 32.2. The molecule has 0 fully saturated rings. The number of nitrogens with one attached hydrogen (secondary N) is 2. The van der Waals surface area contributed by atoms with E-state index < -0.39 is 10.8 Å². The molecule has 118 valence electrons. The zero-order valence-electron chi connectivity index (χ0n) is 12.3. The van der Waals surface area contributed by atoms with E-state index in [1.165, 1.54) is 11.8 Å². The fourth-order valence-electron chi connectivity index (χ4n) is 2.55. The van der Waals surface area contributed by atoms with E-state index in [0.29, 0.717) is 5.75 Å². The summed E-state index contributed by atoms with van der Waals surface area (Å²) in [6, 6.07) is 16.9. The van der Waals surface area contributed by atoms with Gasteiger partial charge in [0.2, 0.25) is 0 Å². The number of carboxylic acids is 1. The fraction of sp³-hybridized carbons (Fsp3) is 0.176. The number of hydrogen-bond donors (Lipinski definition) is 3. The van der Waals surface area contributed by atoms with Gasteiger partial charge in [-0.15, -0.1) is 11.8 Å². The summed E-state index contributed by atoms with van der Waals surface area (Å²) in [6.45, 7) is 0. The van der Waals surface area contributed by atoms with Gasteiger partial charge in [-0.05, 0) is 18.2 Å². The number of rotatable bonds is 6. The molecular formula is C17H16N2O3S. The van der Waals surface area contributed by atoms with E-state index in [4.69, 9.17) is 5.11 Å². The Bertz CT molecular complexity index is 736. The minimum atomic E-state index is -1.02. The average Bonchev–Trinajstić information content (AvgIpc) is 2.81. The zero-order valence-corrected chi connectivity index (χ0v) is 13.1. The number of thioether (sulfide) groups is 1. The first kappa shape index (κ1) is 15.4. The van der Waals surface area contributed by atoms with Gasteiger partial charge in [-0.1, -0.05) is 36.4 Å². The summed E-state index contributed by atoms with van der Waals surface area (Å²) >= 11 is 1.30. The average molecular weight is 328 g/mol. The number of fused-ring (bicyclic) bond motifs is 1. The van der Waals surface area contributed by atoms with Crippen LogP contribution in [0.4, 0.5) is 11.4 Å². The molecule has 2 aromatic carbocycles. The highest BCUT2D eigenvalue weighted by molar-refractivity contribution is 8.01. The van der Waals surface area contributed by atoms with Gasteiger partial charge in [0.25, 0.3) is 5.91 Å². The Hall–Kier alpha value is -2.47. The van der Waals surface area contributed by atoms with E-state index in [-0.39, 0.29) is 12.3 Å². The van der Waals surface area contributed by atoms with Crippen LogP contribution in [0.1, 0.15) is 12.0 Å². The lowest BCUT2D eigenvalue weighted by Crippen LogP contribution is -2.39. The molecule has 0 spiro atoms. The molecule has 3 rings (SSSR count). The van der Waals surface area contributed by atoms with Crippen molar-refractivity contribution in [2.75, 3.05) is 16.4 Å². The number of carboxylic acid groups (broad SMARTS) is 1.